The Balaban J connectivity index is 1.52. The molecule has 1 heterocycles. The zero-order valence-electron chi connectivity index (χ0n) is 18.5. The quantitative estimate of drug-likeness (QED) is 0.300. The van der Waals surface area contributed by atoms with Gasteiger partial charge in [0.2, 0.25) is 5.60 Å². The molecule has 0 unspecified atom stereocenters. The van der Waals surface area contributed by atoms with Crippen LogP contribution in [0.5, 0.6) is 11.5 Å². The normalized spacial score (nSPS) is 12.8. The van der Waals surface area contributed by atoms with Gasteiger partial charge in [-0.2, -0.15) is 0 Å². The molecule has 1 aliphatic rings. The highest BCUT2D eigenvalue weighted by molar-refractivity contribution is 5.96. The molecule has 10 nitrogen and oxygen atoms in total. The number of aliphatic hydroxyl groups is 1. The van der Waals surface area contributed by atoms with Crippen LogP contribution in [0.2, 0.25) is 0 Å². The summed E-state index contributed by atoms with van der Waals surface area (Å²) in [6.07, 6.45) is 0.603. The second-order valence-electron chi connectivity index (χ2n) is 7.69. The smallest absolute Gasteiger partial charge is 0.348 e. The lowest BCUT2D eigenvalue weighted by Crippen LogP contribution is -2.39. The summed E-state index contributed by atoms with van der Waals surface area (Å²) in [5.41, 5.74) is -2.18. The molecule has 1 aliphatic heterocycles. The number of hydrogen-bond acceptors (Lipinski definition) is 8. The first-order valence-corrected chi connectivity index (χ1v) is 10.8. The number of rotatable bonds is 7. The van der Waals surface area contributed by atoms with Gasteiger partial charge >= 0.3 is 5.97 Å². The molecule has 0 fully saturated rings. The summed E-state index contributed by atoms with van der Waals surface area (Å²) in [6, 6.07) is 18.8. The van der Waals surface area contributed by atoms with E-state index in [9.17, 15) is 24.8 Å². The highest BCUT2D eigenvalue weighted by atomic mass is 16.6. The van der Waals surface area contributed by atoms with Crippen LogP contribution < -0.4 is 14.8 Å². The maximum atomic E-state index is 13.0. The highest BCUT2D eigenvalue weighted by Crippen LogP contribution is 2.39. The van der Waals surface area contributed by atoms with Crippen LogP contribution in [0.15, 0.2) is 72.8 Å². The van der Waals surface area contributed by atoms with Crippen LogP contribution in [0.4, 0.5) is 11.4 Å². The number of nitro benzene ring substituents is 1. The van der Waals surface area contributed by atoms with Crippen LogP contribution in [0, 0.1) is 10.1 Å². The summed E-state index contributed by atoms with van der Waals surface area (Å²) >= 11 is 0. The standard InChI is InChI=1S/C25H22N2O8/c28-23(26-19-14-21-22(15-20(19)27(31)32)34-13-7-12-33-21)16-35-24(29)25(30,17-8-3-1-4-9-17)18-10-5-2-6-11-18/h1-6,8-11,14-15,30H,7,12-13,16H2,(H,26,28). The van der Waals surface area contributed by atoms with Crippen LogP contribution in [0.3, 0.4) is 0 Å². The van der Waals surface area contributed by atoms with Crippen molar-refractivity contribution in [1.29, 1.82) is 0 Å². The molecular weight excluding hydrogens is 456 g/mol. The third kappa shape index (κ3) is 5.07. The fourth-order valence-corrected chi connectivity index (χ4v) is 3.63. The van der Waals surface area contributed by atoms with Gasteiger partial charge in [0.25, 0.3) is 11.6 Å². The molecule has 0 atom stereocenters. The number of nitrogens with one attached hydrogen (secondary N) is 1. The first kappa shape index (κ1) is 23.7. The summed E-state index contributed by atoms with van der Waals surface area (Å²) in [7, 11) is 0. The molecule has 0 spiro atoms. The summed E-state index contributed by atoms with van der Waals surface area (Å²) in [5.74, 6) is -1.45. The lowest BCUT2D eigenvalue weighted by molar-refractivity contribution is -0.384. The molecule has 0 saturated carbocycles. The first-order valence-electron chi connectivity index (χ1n) is 10.8. The van der Waals surface area contributed by atoms with E-state index in [1.807, 2.05) is 0 Å². The number of nitro groups is 1. The summed E-state index contributed by atoms with van der Waals surface area (Å²) < 4.78 is 16.1. The number of carbonyl (C=O) groups excluding carboxylic acids is 2. The molecule has 3 aromatic carbocycles. The molecule has 0 bridgehead atoms. The lowest BCUT2D eigenvalue weighted by atomic mass is 9.86. The molecule has 4 rings (SSSR count). The van der Waals surface area contributed by atoms with Crippen LogP contribution in [-0.4, -0.2) is 41.7 Å². The number of anilines is 1. The third-order valence-electron chi connectivity index (χ3n) is 5.35. The predicted molar refractivity (Wildman–Crippen MR) is 124 cm³/mol. The molecule has 35 heavy (non-hydrogen) atoms. The van der Waals surface area contributed by atoms with Gasteiger partial charge in [0.15, 0.2) is 18.1 Å². The largest absolute Gasteiger partial charge is 0.489 e. The molecule has 10 heteroatoms. The average Bonchev–Trinajstić information content (AvgIpc) is 3.12. The number of nitrogens with zero attached hydrogens (tertiary/aromatic N) is 1. The van der Waals surface area contributed by atoms with Gasteiger partial charge < -0.3 is 24.6 Å². The fraction of sp³-hybridized carbons (Fsp3) is 0.200. The van der Waals surface area contributed by atoms with E-state index in [0.29, 0.717) is 19.6 Å². The van der Waals surface area contributed by atoms with E-state index in [2.05, 4.69) is 5.32 Å². The Labute approximate surface area is 200 Å². The van der Waals surface area contributed by atoms with E-state index in [-0.39, 0.29) is 28.3 Å². The Hall–Kier alpha value is -4.44. The number of benzene rings is 3. The van der Waals surface area contributed by atoms with Crippen molar-refractivity contribution in [1.82, 2.24) is 0 Å². The van der Waals surface area contributed by atoms with E-state index >= 15 is 0 Å². The van der Waals surface area contributed by atoms with Gasteiger partial charge in [0.1, 0.15) is 5.69 Å². The Kier molecular flexibility index (Phi) is 6.93. The second kappa shape index (κ2) is 10.2. The zero-order chi connectivity index (χ0) is 24.8. The van der Waals surface area contributed by atoms with Gasteiger partial charge in [-0.3, -0.25) is 14.9 Å². The first-order chi connectivity index (χ1) is 16.9. The molecular formula is C25H22N2O8. The maximum absolute atomic E-state index is 13.0. The summed E-state index contributed by atoms with van der Waals surface area (Å²) in [6.45, 7) is -0.0860. The Morgan fingerprint density at radius 1 is 0.971 bits per heavy atom. The Bertz CT molecular complexity index is 1190. The van der Waals surface area contributed by atoms with Crippen molar-refractivity contribution in [2.75, 3.05) is 25.1 Å². The van der Waals surface area contributed by atoms with E-state index in [1.54, 1.807) is 60.7 Å². The maximum Gasteiger partial charge on any atom is 0.348 e. The number of fused-ring (bicyclic) bond motifs is 1. The van der Waals surface area contributed by atoms with Crippen molar-refractivity contribution >= 4 is 23.3 Å². The van der Waals surface area contributed by atoms with Crippen molar-refractivity contribution in [3.05, 3.63) is 94.0 Å². The number of ether oxygens (including phenoxy) is 3. The van der Waals surface area contributed by atoms with Gasteiger partial charge in [-0.05, 0) is 11.1 Å². The van der Waals surface area contributed by atoms with Crippen LogP contribution >= 0.6 is 0 Å². The van der Waals surface area contributed by atoms with Gasteiger partial charge in [-0.25, -0.2) is 4.79 Å². The highest BCUT2D eigenvalue weighted by Gasteiger charge is 2.42. The number of amides is 1. The summed E-state index contributed by atoms with van der Waals surface area (Å²) in [4.78, 5) is 36.5. The second-order valence-corrected chi connectivity index (χ2v) is 7.69. The molecule has 0 radical (unpaired) electrons. The lowest BCUT2D eigenvalue weighted by Gasteiger charge is -2.26. The van der Waals surface area contributed by atoms with E-state index in [0.717, 1.165) is 0 Å². The van der Waals surface area contributed by atoms with Crippen LogP contribution in [0.25, 0.3) is 0 Å². The monoisotopic (exact) mass is 478 g/mol. The number of carbonyl (C=O) groups is 2. The molecule has 180 valence electrons. The molecule has 1 amide bonds. The van der Waals surface area contributed by atoms with E-state index < -0.39 is 34.7 Å². The topological polar surface area (TPSA) is 137 Å². The van der Waals surface area contributed by atoms with Crippen LogP contribution in [0.1, 0.15) is 17.5 Å². The molecule has 2 N–H and O–H groups in total. The van der Waals surface area contributed by atoms with Gasteiger partial charge in [0.05, 0.1) is 24.2 Å². The van der Waals surface area contributed by atoms with E-state index in [1.165, 1.54) is 12.1 Å². The van der Waals surface area contributed by atoms with Crippen molar-refractivity contribution in [2.45, 2.75) is 12.0 Å². The minimum atomic E-state index is -2.16. The van der Waals surface area contributed by atoms with E-state index in [4.69, 9.17) is 14.2 Å². The number of hydrogen-bond donors (Lipinski definition) is 2. The fourth-order valence-electron chi connectivity index (χ4n) is 3.63. The third-order valence-corrected chi connectivity index (χ3v) is 5.35. The SMILES string of the molecule is O=C(COC(=O)C(O)(c1ccccc1)c1ccccc1)Nc1cc2c(cc1[N+](=O)[O-])OCCCO2. The minimum Gasteiger partial charge on any atom is -0.489 e. The zero-order valence-corrected chi connectivity index (χ0v) is 18.5. The van der Waals surface area contributed by atoms with Crippen molar-refractivity contribution in [3.8, 4) is 11.5 Å². The molecule has 0 aliphatic carbocycles. The van der Waals surface area contributed by atoms with Gasteiger partial charge in [-0.1, -0.05) is 60.7 Å². The average molecular weight is 478 g/mol. The van der Waals surface area contributed by atoms with Crippen molar-refractivity contribution < 1.29 is 33.8 Å². The van der Waals surface area contributed by atoms with Crippen molar-refractivity contribution in [3.63, 3.8) is 0 Å². The van der Waals surface area contributed by atoms with Crippen LogP contribution in [-0.2, 0) is 19.9 Å². The Morgan fingerprint density at radius 3 is 2.06 bits per heavy atom. The molecule has 3 aromatic rings. The molecule has 0 aromatic heterocycles. The molecule has 0 saturated heterocycles. The predicted octanol–water partition coefficient (Wildman–Crippen LogP) is 3.17. The number of esters is 1. The summed E-state index contributed by atoms with van der Waals surface area (Å²) in [5, 5.41) is 25.3. The Morgan fingerprint density at radius 2 is 1.51 bits per heavy atom. The minimum absolute atomic E-state index is 0.137. The van der Waals surface area contributed by atoms with Gasteiger partial charge in [-0.15, -0.1) is 0 Å². The van der Waals surface area contributed by atoms with Crippen molar-refractivity contribution in [2.24, 2.45) is 0 Å². The van der Waals surface area contributed by atoms with Gasteiger partial charge in [0, 0.05) is 12.5 Å².